The molecule has 0 aliphatic carbocycles. The maximum Gasteiger partial charge on any atom is 0.409 e. The molecule has 0 saturated carbocycles. The molecule has 0 bridgehead atoms. The third-order valence-electron chi connectivity index (χ3n) is 2.60. The zero-order chi connectivity index (χ0) is 10.8. The van der Waals surface area contributed by atoms with Gasteiger partial charge in [-0.3, -0.25) is 0 Å². The van der Waals surface area contributed by atoms with Crippen molar-refractivity contribution in [3.05, 3.63) is 0 Å². The van der Waals surface area contributed by atoms with Crippen molar-refractivity contribution in [3.63, 3.8) is 0 Å². The monoisotopic (exact) mass is 197 g/mol. The van der Waals surface area contributed by atoms with E-state index in [0.717, 1.165) is 6.42 Å². The van der Waals surface area contributed by atoms with Crippen LogP contribution in [0.5, 0.6) is 0 Å². The third-order valence-corrected chi connectivity index (χ3v) is 2.60. The second-order valence-electron chi connectivity index (χ2n) is 3.61. The summed E-state index contributed by atoms with van der Waals surface area (Å²) in [6.07, 6.45) is 6.34. The summed E-state index contributed by atoms with van der Waals surface area (Å²) in [4.78, 5) is 12.8. The van der Waals surface area contributed by atoms with Gasteiger partial charge < -0.3 is 14.7 Å². The Hall–Kier alpha value is -1.21. The van der Waals surface area contributed by atoms with E-state index in [2.05, 4.69) is 10.7 Å². The smallest absolute Gasteiger partial charge is 0.409 e. The Morgan fingerprint density at radius 1 is 1.79 bits per heavy atom. The van der Waals surface area contributed by atoms with E-state index in [9.17, 15) is 9.90 Å². The number of nitrogens with zero attached hydrogens (tertiary/aromatic N) is 1. The van der Waals surface area contributed by atoms with Crippen LogP contribution in [-0.2, 0) is 4.74 Å². The lowest BCUT2D eigenvalue weighted by Gasteiger charge is -2.31. The molecule has 0 aromatic rings. The molecule has 0 unspecified atom stereocenters. The van der Waals surface area contributed by atoms with Crippen molar-refractivity contribution in [2.75, 3.05) is 13.7 Å². The molecule has 0 spiro atoms. The summed E-state index contributed by atoms with van der Waals surface area (Å²) in [5.41, 5.74) is -1.27. The van der Waals surface area contributed by atoms with E-state index in [0.29, 0.717) is 13.0 Å². The fraction of sp³-hybridized carbons (Fsp3) is 0.700. The van der Waals surface area contributed by atoms with Crippen LogP contribution < -0.4 is 0 Å². The number of terminal acetylenes is 1. The van der Waals surface area contributed by atoms with Gasteiger partial charge in [-0.25, -0.2) is 4.79 Å². The van der Waals surface area contributed by atoms with Crippen molar-refractivity contribution in [1.29, 1.82) is 0 Å². The number of carbonyl (C=O) groups is 1. The van der Waals surface area contributed by atoms with Crippen molar-refractivity contribution in [3.8, 4) is 12.3 Å². The minimum atomic E-state index is -1.27. The molecular formula is C10H15NO3. The highest BCUT2D eigenvalue weighted by molar-refractivity contribution is 5.68. The zero-order valence-corrected chi connectivity index (χ0v) is 8.49. The summed E-state index contributed by atoms with van der Waals surface area (Å²) in [6.45, 7) is 2.13. The molecule has 14 heavy (non-hydrogen) atoms. The molecule has 1 heterocycles. The molecule has 78 valence electrons. The van der Waals surface area contributed by atoms with Crippen molar-refractivity contribution in [1.82, 2.24) is 4.90 Å². The maximum atomic E-state index is 11.3. The normalized spacial score (nSPS) is 25.3. The largest absolute Gasteiger partial charge is 0.453 e. The standard InChI is InChI=1S/C10H15NO3/c1-4-10(2,13)8-6-5-7-11(8)9(12)14-3/h1,8,13H,5-7H2,2-3H3/t8-,10+/m0/s1. The average Bonchev–Trinajstić information content (AvgIpc) is 2.65. The van der Waals surface area contributed by atoms with Crippen LogP contribution in [-0.4, -0.2) is 41.4 Å². The van der Waals surface area contributed by atoms with E-state index < -0.39 is 11.7 Å². The number of aliphatic hydroxyl groups is 1. The molecule has 1 amide bonds. The first kappa shape index (κ1) is 10.9. The van der Waals surface area contributed by atoms with Crippen molar-refractivity contribution < 1.29 is 14.6 Å². The van der Waals surface area contributed by atoms with Gasteiger partial charge in [-0.05, 0) is 19.8 Å². The second-order valence-corrected chi connectivity index (χ2v) is 3.61. The Kier molecular flexibility index (Phi) is 3.02. The number of likely N-dealkylation sites (tertiary alicyclic amines) is 1. The van der Waals surface area contributed by atoms with Crippen molar-refractivity contribution in [2.45, 2.75) is 31.4 Å². The van der Waals surface area contributed by atoms with Gasteiger partial charge in [0, 0.05) is 6.54 Å². The second kappa shape index (κ2) is 3.89. The topological polar surface area (TPSA) is 49.8 Å². The summed E-state index contributed by atoms with van der Waals surface area (Å²) in [5, 5.41) is 9.85. The molecule has 0 radical (unpaired) electrons. The molecule has 4 nitrogen and oxygen atoms in total. The van der Waals surface area contributed by atoms with Crippen LogP contribution in [0.2, 0.25) is 0 Å². The molecule has 0 aromatic heterocycles. The molecule has 1 aliphatic rings. The van der Waals surface area contributed by atoms with Crippen LogP contribution in [0.3, 0.4) is 0 Å². The lowest BCUT2D eigenvalue weighted by molar-refractivity contribution is 0.0275. The van der Waals surface area contributed by atoms with Crippen molar-refractivity contribution in [2.24, 2.45) is 0 Å². The minimum Gasteiger partial charge on any atom is -0.453 e. The average molecular weight is 197 g/mol. The number of hydrogen-bond acceptors (Lipinski definition) is 3. The van der Waals surface area contributed by atoms with E-state index >= 15 is 0 Å². The minimum absolute atomic E-state index is 0.333. The summed E-state index contributed by atoms with van der Waals surface area (Å²) < 4.78 is 4.61. The molecule has 1 saturated heterocycles. The molecule has 1 fully saturated rings. The maximum absolute atomic E-state index is 11.3. The van der Waals surface area contributed by atoms with E-state index in [1.165, 1.54) is 12.0 Å². The fourth-order valence-electron chi connectivity index (χ4n) is 1.78. The predicted octanol–water partition coefficient (Wildman–Crippen LogP) is 0.601. The lowest BCUT2D eigenvalue weighted by Crippen LogP contribution is -2.49. The summed E-state index contributed by atoms with van der Waals surface area (Å²) in [6, 6.07) is -0.333. The number of amides is 1. The van der Waals surface area contributed by atoms with Crippen LogP contribution >= 0.6 is 0 Å². The quantitative estimate of drug-likeness (QED) is 0.626. The Balaban J connectivity index is 2.80. The third kappa shape index (κ3) is 1.83. The van der Waals surface area contributed by atoms with Gasteiger partial charge in [0.15, 0.2) is 0 Å². The Morgan fingerprint density at radius 3 is 2.93 bits per heavy atom. The first-order chi connectivity index (χ1) is 6.53. The van der Waals surface area contributed by atoms with Crippen LogP contribution in [0.1, 0.15) is 19.8 Å². The SMILES string of the molecule is C#C[C@@](C)(O)[C@@H]1CCCN1C(=O)OC. The molecule has 2 atom stereocenters. The highest BCUT2D eigenvalue weighted by atomic mass is 16.5. The Morgan fingerprint density at radius 2 is 2.43 bits per heavy atom. The van der Waals surface area contributed by atoms with E-state index in [4.69, 9.17) is 6.42 Å². The first-order valence-electron chi connectivity index (χ1n) is 4.57. The number of ether oxygens (including phenoxy) is 1. The van der Waals surface area contributed by atoms with Crippen LogP contribution in [0.4, 0.5) is 4.79 Å². The number of rotatable bonds is 1. The zero-order valence-electron chi connectivity index (χ0n) is 8.49. The van der Waals surface area contributed by atoms with E-state index in [-0.39, 0.29) is 6.04 Å². The molecule has 1 aliphatic heterocycles. The van der Waals surface area contributed by atoms with E-state index in [1.54, 1.807) is 6.92 Å². The summed E-state index contributed by atoms with van der Waals surface area (Å²) >= 11 is 0. The van der Waals surface area contributed by atoms with Gasteiger partial charge >= 0.3 is 6.09 Å². The molecule has 1 N–H and O–H groups in total. The number of hydrogen-bond donors (Lipinski definition) is 1. The Bertz CT molecular complexity index is 267. The fourth-order valence-corrected chi connectivity index (χ4v) is 1.78. The lowest BCUT2D eigenvalue weighted by atomic mass is 9.95. The van der Waals surface area contributed by atoms with Crippen LogP contribution in [0.25, 0.3) is 0 Å². The molecule has 1 rings (SSSR count). The highest BCUT2D eigenvalue weighted by Gasteiger charge is 2.40. The highest BCUT2D eigenvalue weighted by Crippen LogP contribution is 2.26. The predicted molar refractivity (Wildman–Crippen MR) is 51.6 cm³/mol. The number of carbonyl (C=O) groups excluding carboxylic acids is 1. The van der Waals surface area contributed by atoms with E-state index in [1.807, 2.05) is 0 Å². The van der Waals surface area contributed by atoms with Crippen molar-refractivity contribution >= 4 is 6.09 Å². The molecular weight excluding hydrogens is 182 g/mol. The molecule has 4 heteroatoms. The van der Waals surface area contributed by atoms with Gasteiger partial charge in [-0.15, -0.1) is 6.42 Å². The first-order valence-corrected chi connectivity index (χ1v) is 4.57. The molecule has 0 aromatic carbocycles. The van der Waals surface area contributed by atoms with Gasteiger partial charge in [0.25, 0.3) is 0 Å². The summed E-state index contributed by atoms with van der Waals surface area (Å²) in [7, 11) is 1.32. The van der Waals surface area contributed by atoms with Crippen LogP contribution in [0, 0.1) is 12.3 Å². The van der Waals surface area contributed by atoms with Crippen LogP contribution in [0.15, 0.2) is 0 Å². The van der Waals surface area contributed by atoms with Gasteiger partial charge in [0.2, 0.25) is 0 Å². The van der Waals surface area contributed by atoms with Gasteiger partial charge in [-0.1, -0.05) is 5.92 Å². The number of methoxy groups -OCH3 is 1. The Labute approximate surface area is 83.8 Å². The van der Waals surface area contributed by atoms with Gasteiger partial charge in [0.05, 0.1) is 13.2 Å². The van der Waals surface area contributed by atoms with Gasteiger partial charge in [0.1, 0.15) is 5.60 Å². The van der Waals surface area contributed by atoms with Gasteiger partial charge in [-0.2, -0.15) is 0 Å². The summed E-state index contributed by atoms with van der Waals surface area (Å²) in [5.74, 6) is 2.30.